The summed E-state index contributed by atoms with van der Waals surface area (Å²) in [5.41, 5.74) is 2.86. The van der Waals surface area contributed by atoms with Gasteiger partial charge < -0.3 is 14.6 Å². The number of thiocarbonyl (C=S) groups is 1. The molecule has 1 N–H and O–H groups in total. The highest BCUT2D eigenvalue weighted by Gasteiger charge is 2.41. The van der Waals surface area contributed by atoms with Crippen LogP contribution < -0.4 is 5.32 Å². The third-order valence-corrected chi connectivity index (χ3v) is 6.41. The Labute approximate surface area is 201 Å². The van der Waals surface area contributed by atoms with E-state index in [1.807, 2.05) is 54.6 Å². The van der Waals surface area contributed by atoms with Crippen molar-refractivity contribution in [2.24, 2.45) is 0 Å². The Morgan fingerprint density at radius 3 is 2.53 bits per heavy atom. The molecule has 0 saturated carbocycles. The zero-order valence-electron chi connectivity index (χ0n) is 16.9. The van der Waals surface area contributed by atoms with Gasteiger partial charge in [0, 0.05) is 23.3 Å². The maximum Gasteiger partial charge on any atom is 0.170 e. The standard InChI is InChI=1S/C25H19Cl2N3OS/c26-17-9-10-18(19(27)14-17)21-11-12-22(31-21)24-23(20-8-4-5-13-28-20)29-25(32)30(24)15-16-6-2-1-3-7-16/h1-14,23-24H,15H2,(H,29,32)/t23-,24-/m1/s1. The van der Waals surface area contributed by atoms with Gasteiger partial charge in [-0.2, -0.15) is 0 Å². The predicted molar refractivity (Wildman–Crippen MR) is 132 cm³/mol. The van der Waals surface area contributed by atoms with Crippen molar-refractivity contribution in [1.82, 2.24) is 15.2 Å². The van der Waals surface area contributed by atoms with Crippen LogP contribution in [0.2, 0.25) is 10.0 Å². The first-order valence-corrected chi connectivity index (χ1v) is 11.3. The van der Waals surface area contributed by atoms with Crippen LogP contribution in [0.1, 0.15) is 29.1 Å². The summed E-state index contributed by atoms with van der Waals surface area (Å²) in [6.07, 6.45) is 1.79. The molecule has 1 aliphatic heterocycles. The van der Waals surface area contributed by atoms with Crippen LogP contribution in [0.5, 0.6) is 0 Å². The number of halogens is 2. The third kappa shape index (κ3) is 4.11. The zero-order chi connectivity index (χ0) is 22.1. The van der Waals surface area contributed by atoms with Crippen molar-refractivity contribution in [2.75, 3.05) is 0 Å². The molecule has 0 amide bonds. The van der Waals surface area contributed by atoms with Crippen LogP contribution in [0.25, 0.3) is 11.3 Å². The van der Waals surface area contributed by atoms with E-state index in [1.165, 1.54) is 0 Å². The van der Waals surface area contributed by atoms with Crippen molar-refractivity contribution < 1.29 is 4.42 Å². The molecule has 0 radical (unpaired) electrons. The molecule has 3 heterocycles. The van der Waals surface area contributed by atoms with Crippen molar-refractivity contribution in [2.45, 2.75) is 18.6 Å². The molecule has 5 rings (SSSR count). The SMILES string of the molecule is S=C1N[C@H](c2ccccn2)[C@@H](c2ccc(-c3ccc(Cl)cc3Cl)o2)N1Cc1ccccc1. The molecule has 2 atom stereocenters. The van der Waals surface area contributed by atoms with Gasteiger partial charge in [-0.25, -0.2) is 0 Å². The van der Waals surface area contributed by atoms with Crippen LogP contribution in [-0.2, 0) is 6.54 Å². The molecule has 0 unspecified atom stereocenters. The van der Waals surface area contributed by atoms with E-state index in [0.717, 1.165) is 22.6 Å². The number of pyridine rings is 1. The van der Waals surface area contributed by atoms with Crippen LogP contribution >= 0.6 is 35.4 Å². The van der Waals surface area contributed by atoms with Crippen molar-refractivity contribution in [1.29, 1.82) is 0 Å². The number of hydrogen-bond donors (Lipinski definition) is 1. The fraction of sp³-hybridized carbons (Fsp3) is 0.120. The molecular formula is C25H19Cl2N3OS. The molecular weight excluding hydrogens is 461 g/mol. The van der Waals surface area contributed by atoms with E-state index in [4.69, 9.17) is 39.8 Å². The number of furan rings is 1. The maximum absolute atomic E-state index is 6.42. The smallest absolute Gasteiger partial charge is 0.170 e. The molecule has 0 spiro atoms. The summed E-state index contributed by atoms with van der Waals surface area (Å²) in [6.45, 7) is 0.651. The highest BCUT2D eigenvalue weighted by Crippen LogP contribution is 2.42. The van der Waals surface area contributed by atoms with Gasteiger partial charge in [0.05, 0.1) is 16.8 Å². The number of rotatable bonds is 5. The summed E-state index contributed by atoms with van der Waals surface area (Å²) in [5.74, 6) is 1.46. The highest BCUT2D eigenvalue weighted by molar-refractivity contribution is 7.80. The molecule has 1 fully saturated rings. The normalized spacial score (nSPS) is 18.1. The van der Waals surface area contributed by atoms with Crippen molar-refractivity contribution >= 4 is 40.5 Å². The molecule has 4 nitrogen and oxygen atoms in total. The van der Waals surface area contributed by atoms with E-state index in [0.29, 0.717) is 27.5 Å². The van der Waals surface area contributed by atoms with Crippen molar-refractivity contribution in [3.63, 3.8) is 0 Å². The van der Waals surface area contributed by atoms with Gasteiger partial charge in [-0.1, -0.05) is 59.6 Å². The molecule has 2 aromatic heterocycles. The van der Waals surface area contributed by atoms with Crippen LogP contribution in [0.4, 0.5) is 0 Å². The molecule has 0 aliphatic carbocycles. The Hall–Kier alpha value is -2.86. The maximum atomic E-state index is 6.42. The summed E-state index contributed by atoms with van der Waals surface area (Å²) in [6, 6.07) is 25.1. The van der Waals surface area contributed by atoms with E-state index >= 15 is 0 Å². The van der Waals surface area contributed by atoms with Gasteiger partial charge in [0.1, 0.15) is 17.6 Å². The lowest BCUT2D eigenvalue weighted by molar-refractivity contribution is 0.269. The van der Waals surface area contributed by atoms with Crippen LogP contribution in [-0.4, -0.2) is 15.0 Å². The Bertz CT molecular complexity index is 1250. The summed E-state index contributed by atoms with van der Waals surface area (Å²) in [7, 11) is 0. The lowest BCUT2D eigenvalue weighted by Gasteiger charge is -2.26. The van der Waals surface area contributed by atoms with Crippen LogP contribution in [0.3, 0.4) is 0 Å². The molecule has 7 heteroatoms. The minimum atomic E-state index is -0.169. The number of nitrogens with one attached hydrogen (secondary N) is 1. The highest BCUT2D eigenvalue weighted by atomic mass is 35.5. The Kier molecular flexibility index (Phi) is 5.87. The summed E-state index contributed by atoms with van der Waals surface area (Å²) in [5, 5.41) is 5.24. The van der Waals surface area contributed by atoms with Crippen LogP contribution in [0, 0.1) is 0 Å². The summed E-state index contributed by atoms with van der Waals surface area (Å²) < 4.78 is 6.35. The molecule has 4 aromatic rings. The second-order valence-electron chi connectivity index (χ2n) is 7.57. The van der Waals surface area contributed by atoms with Gasteiger partial charge >= 0.3 is 0 Å². The van der Waals surface area contributed by atoms with E-state index in [1.54, 1.807) is 18.3 Å². The fourth-order valence-corrected chi connectivity index (χ4v) is 4.82. The van der Waals surface area contributed by atoms with Crippen molar-refractivity contribution in [3.8, 4) is 11.3 Å². The molecule has 1 aliphatic rings. The van der Waals surface area contributed by atoms with Crippen LogP contribution in [0.15, 0.2) is 89.5 Å². The van der Waals surface area contributed by atoms with Gasteiger partial charge in [0.25, 0.3) is 0 Å². The first kappa shape index (κ1) is 21.0. The largest absolute Gasteiger partial charge is 0.459 e. The number of hydrogen-bond acceptors (Lipinski definition) is 3. The van der Waals surface area contributed by atoms with Crippen molar-refractivity contribution in [3.05, 3.63) is 112 Å². The molecule has 2 aromatic carbocycles. The van der Waals surface area contributed by atoms with E-state index in [9.17, 15) is 0 Å². The number of nitrogens with zero attached hydrogens (tertiary/aromatic N) is 2. The first-order chi connectivity index (χ1) is 15.6. The van der Waals surface area contributed by atoms with Gasteiger partial charge in [0.2, 0.25) is 0 Å². The van der Waals surface area contributed by atoms with E-state index in [2.05, 4.69) is 27.3 Å². The molecule has 32 heavy (non-hydrogen) atoms. The Morgan fingerprint density at radius 1 is 0.969 bits per heavy atom. The molecule has 0 bridgehead atoms. The minimum absolute atomic E-state index is 0.146. The minimum Gasteiger partial charge on any atom is -0.459 e. The second-order valence-corrected chi connectivity index (χ2v) is 8.80. The average Bonchev–Trinajstić information content (AvgIpc) is 3.40. The quantitative estimate of drug-likeness (QED) is 0.318. The fourth-order valence-electron chi connectivity index (χ4n) is 4.01. The van der Waals surface area contributed by atoms with Gasteiger partial charge in [-0.3, -0.25) is 4.98 Å². The predicted octanol–water partition coefficient (Wildman–Crippen LogP) is 6.82. The van der Waals surface area contributed by atoms with Gasteiger partial charge in [0.15, 0.2) is 5.11 Å². The Balaban J connectivity index is 1.55. The first-order valence-electron chi connectivity index (χ1n) is 10.2. The van der Waals surface area contributed by atoms with Gasteiger partial charge in [-0.15, -0.1) is 0 Å². The Morgan fingerprint density at radius 2 is 1.78 bits per heavy atom. The van der Waals surface area contributed by atoms with E-state index < -0.39 is 0 Å². The molecule has 1 saturated heterocycles. The lowest BCUT2D eigenvalue weighted by atomic mass is 10.0. The molecule has 160 valence electrons. The lowest BCUT2D eigenvalue weighted by Crippen LogP contribution is -2.29. The number of benzene rings is 2. The van der Waals surface area contributed by atoms with E-state index in [-0.39, 0.29) is 12.1 Å². The number of aromatic nitrogens is 1. The average molecular weight is 480 g/mol. The summed E-state index contributed by atoms with van der Waals surface area (Å²) in [4.78, 5) is 6.72. The zero-order valence-corrected chi connectivity index (χ0v) is 19.2. The second kappa shape index (κ2) is 8.94. The third-order valence-electron chi connectivity index (χ3n) is 5.51. The van der Waals surface area contributed by atoms with Gasteiger partial charge in [-0.05, 0) is 60.2 Å². The monoisotopic (exact) mass is 479 g/mol. The summed E-state index contributed by atoms with van der Waals surface area (Å²) >= 11 is 18.2. The topological polar surface area (TPSA) is 41.3 Å².